The van der Waals surface area contributed by atoms with Crippen molar-refractivity contribution in [3.05, 3.63) is 0 Å². The lowest BCUT2D eigenvalue weighted by Gasteiger charge is -2.28. The van der Waals surface area contributed by atoms with Gasteiger partial charge in [-0.05, 0) is 44.9 Å². The molecule has 0 aliphatic rings. The van der Waals surface area contributed by atoms with Crippen LogP contribution in [0, 0.1) is 5.92 Å². The molecule has 2 nitrogen and oxygen atoms in total. The van der Waals surface area contributed by atoms with Crippen molar-refractivity contribution in [3.8, 4) is 0 Å². The predicted octanol–water partition coefficient (Wildman–Crippen LogP) is 9.27. The smallest absolute Gasteiger partial charge is 0.306 e. The summed E-state index contributed by atoms with van der Waals surface area (Å²) in [5, 5.41) is 8.60. The third-order valence-corrected chi connectivity index (χ3v) is 11.3. The molecule has 0 spiro atoms. The van der Waals surface area contributed by atoms with E-state index in [1.54, 1.807) is 24.6 Å². The van der Waals surface area contributed by atoms with Crippen LogP contribution < -0.4 is 0 Å². The zero-order valence-electron chi connectivity index (χ0n) is 21.1. The highest BCUT2D eigenvalue weighted by atomic mass is 31.2. The number of rotatable bonds is 19. The minimum Gasteiger partial charge on any atom is -0.481 e. The Labute approximate surface area is 185 Å². The van der Waals surface area contributed by atoms with Crippen LogP contribution in [0.15, 0.2) is 0 Å². The van der Waals surface area contributed by atoms with Crippen LogP contribution in [0.1, 0.15) is 131 Å². The maximum Gasteiger partial charge on any atom is 0.306 e. The van der Waals surface area contributed by atoms with Crippen LogP contribution in [0.5, 0.6) is 0 Å². The highest BCUT2D eigenvalue weighted by Gasteiger charge is 2.34. The highest BCUT2D eigenvalue weighted by Crippen LogP contribution is 2.61. The van der Waals surface area contributed by atoms with E-state index in [9.17, 15) is 4.79 Å². The zero-order chi connectivity index (χ0) is 22.4. The summed E-state index contributed by atoms with van der Waals surface area (Å²) < 4.78 is 0. The fourth-order valence-corrected chi connectivity index (χ4v) is 9.18. The van der Waals surface area contributed by atoms with Gasteiger partial charge in [0, 0.05) is 7.26 Å². The van der Waals surface area contributed by atoms with Crippen molar-refractivity contribution in [2.45, 2.75) is 131 Å². The number of unbranched alkanes of at least 4 members (excludes halogenated alkanes) is 7. The van der Waals surface area contributed by atoms with E-state index in [0.717, 1.165) is 25.7 Å². The molecule has 29 heavy (non-hydrogen) atoms. The van der Waals surface area contributed by atoms with E-state index in [0.29, 0.717) is 0 Å². The third kappa shape index (κ3) is 18.4. The molecule has 0 aromatic rings. The van der Waals surface area contributed by atoms with Crippen LogP contribution in [-0.4, -0.2) is 35.7 Å². The summed E-state index contributed by atoms with van der Waals surface area (Å²) in [4.78, 5) is 10.4. The molecule has 1 unspecified atom stereocenters. The Hall–Kier alpha value is -0.100. The van der Waals surface area contributed by atoms with Crippen molar-refractivity contribution in [1.82, 2.24) is 0 Å². The SMILES string of the molecule is CCCCC(CC)C(=O)O.CCCCCC[P+](CCCC)(CCCC)CCCC. The van der Waals surface area contributed by atoms with Crippen LogP contribution in [-0.2, 0) is 4.79 Å². The minimum absolute atomic E-state index is 0.111. The molecule has 0 heterocycles. The Morgan fingerprint density at radius 3 is 1.38 bits per heavy atom. The fourth-order valence-electron chi connectivity index (χ4n) is 3.98. The number of carboxylic acids is 1. The van der Waals surface area contributed by atoms with E-state index >= 15 is 0 Å². The molecule has 0 aliphatic carbocycles. The summed E-state index contributed by atoms with van der Waals surface area (Å²) in [6, 6.07) is 0. The summed E-state index contributed by atoms with van der Waals surface area (Å²) in [6.45, 7) is 13.4. The molecule has 0 fully saturated rings. The van der Waals surface area contributed by atoms with Gasteiger partial charge in [-0.25, -0.2) is 0 Å². The molecule has 0 radical (unpaired) electrons. The monoisotopic (exact) mass is 431 g/mol. The Bertz CT molecular complexity index is 322. The molecule has 1 atom stereocenters. The molecule has 1 N–H and O–H groups in total. The van der Waals surface area contributed by atoms with E-state index in [4.69, 9.17) is 5.11 Å². The third-order valence-electron chi connectivity index (χ3n) is 6.19. The number of hydrogen-bond acceptors (Lipinski definition) is 1. The van der Waals surface area contributed by atoms with E-state index in [-0.39, 0.29) is 5.92 Å². The quantitative estimate of drug-likeness (QED) is 0.163. The summed E-state index contributed by atoms with van der Waals surface area (Å²) in [7, 11) is -0.586. The first-order valence-electron chi connectivity index (χ1n) is 13.0. The van der Waals surface area contributed by atoms with Gasteiger partial charge in [-0.3, -0.25) is 4.79 Å². The first-order chi connectivity index (χ1) is 14.0. The largest absolute Gasteiger partial charge is 0.481 e. The Balaban J connectivity index is 0. The zero-order valence-corrected chi connectivity index (χ0v) is 22.0. The van der Waals surface area contributed by atoms with Gasteiger partial charge in [0.1, 0.15) is 0 Å². The molecule has 0 aromatic carbocycles. The highest BCUT2D eigenvalue weighted by molar-refractivity contribution is 7.75. The topological polar surface area (TPSA) is 37.3 Å². The molecule has 0 saturated carbocycles. The number of carbonyl (C=O) groups is 1. The first kappa shape index (κ1) is 31.1. The van der Waals surface area contributed by atoms with Crippen molar-refractivity contribution in [1.29, 1.82) is 0 Å². The number of aliphatic carboxylic acids is 1. The van der Waals surface area contributed by atoms with Gasteiger partial charge < -0.3 is 5.11 Å². The minimum atomic E-state index is -0.643. The second-order valence-electron chi connectivity index (χ2n) is 8.94. The van der Waals surface area contributed by atoms with Crippen molar-refractivity contribution in [2.75, 3.05) is 24.6 Å². The number of carboxylic acid groups (broad SMARTS) is 1. The summed E-state index contributed by atoms with van der Waals surface area (Å²) in [6.07, 6.45) is 24.7. The molecule has 176 valence electrons. The molecular formula is C26H56O2P+. The lowest BCUT2D eigenvalue weighted by Crippen LogP contribution is -2.12. The van der Waals surface area contributed by atoms with Crippen molar-refractivity contribution < 1.29 is 9.90 Å². The van der Waals surface area contributed by atoms with Crippen LogP contribution >= 0.6 is 7.26 Å². The van der Waals surface area contributed by atoms with Crippen LogP contribution in [0.25, 0.3) is 0 Å². The summed E-state index contributed by atoms with van der Waals surface area (Å²) in [5.74, 6) is -0.754. The molecule has 0 saturated heterocycles. The second-order valence-corrected chi connectivity index (χ2v) is 13.4. The Morgan fingerprint density at radius 2 is 1.03 bits per heavy atom. The van der Waals surface area contributed by atoms with E-state index in [1.165, 1.54) is 64.2 Å². The average Bonchev–Trinajstić information content (AvgIpc) is 2.72. The summed E-state index contributed by atoms with van der Waals surface area (Å²) in [5.41, 5.74) is 0. The van der Waals surface area contributed by atoms with Gasteiger partial charge in [-0.1, -0.05) is 86.5 Å². The molecule has 0 aliphatic heterocycles. The second kappa shape index (κ2) is 22.6. The fraction of sp³-hybridized carbons (Fsp3) is 0.962. The lowest BCUT2D eigenvalue weighted by atomic mass is 10.00. The lowest BCUT2D eigenvalue weighted by molar-refractivity contribution is -0.142. The van der Waals surface area contributed by atoms with Gasteiger partial charge in [0.05, 0.1) is 30.6 Å². The van der Waals surface area contributed by atoms with Crippen molar-refractivity contribution in [2.24, 2.45) is 5.92 Å². The molecule has 3 heteroatoms. The maximum atomic E-state index is 10.4. The van der Waals surface area contributed by atoms with Crippen LogP contribution in [0.3, 0.4) is 0 Å². The Morgan fingerprint density at radius 1 is 0.621 bits per heavy atom. The van der Waals surface area contributed by atoms with Crippen molar-refractivity contribution >= 4 is 13.2 Å². The molecule has 0 aromatic heterocycles. The maximum absolute atomic E-state index is 10.4. The summed E-state index contributed by atoms with van der Waals surface area (Å²) >= 11 is 0. The normalized spacial score (nSPS) is 12.3. The first-order valence-corrected chi connectivity index (χ1v) is 15.6. The molecule has 0 bridgehead atoms. The van der Waals surface area contributed by atoms with E-state index in [1.807, 2.05) is 6.92 Å². The van der Waals surface area contributed by atoms with Gasteiger partial charge >= 0.3 is 5.97 Å². The Kier molecular flexibility index (Phi) is 24.2. The average molecular weight is 432 g/mol. The number of hydrogen-bond donors (Lipinski definition) is 1. The standard InChI is InChI=1S/C18H40P.C8H16O2/c1-5-9-13-14-18-19(15-10-6-2,16-11-7-3)17-12-8-4;1-3-5-6-7(4-2)8(9)10/h5-18H2,1-4H3;7H,3-6H2,1-2H3,(H,9,10)/q+1;. The van der Waals surface area contributed by atoms with Gasteiger partial charge in [0.2, 0.25) is 0 Å². The van der Waals surface area contributed by atoms with Crippen LogP contribution in [0.2, 0.25) is 0 Å². The van der Waals surface area contributed by atoms with Gasteiger partial charge in [0.25, 0.3) is 0 Å². The van der Waals surface area contributed by atoms with Crippen LogP contribution in [0.4, 0.5) is 0 Å². The van der Waals surface area contributed by atoms with E-state index in [2.05, 4.69) is 34.6 Å². The van der Waals surface area contributed by atoms with Crippen molar-refractivity contribution in [3.63, 3.8) is 0 Å². The molecule has 0 amide bonds. The molecular weight excluding hydrogens is 375 g/mol. The predicted molar refractivity (Wildman–Crippen MR) is 136 cm³/mol. The van der Waals surface area contributed by atoms with Gasteiger partial charge in [0.15, 0.2) is 0 Å². The van der Waals surface area contributed by atoms with E-state index < -0.39 is 13.2 Å². The molecule has 0 rings (SSSR count). The van der Waals surface area contributed by atoms with Gasteiger partial charge in [-0.2, -0.15) is 0 Å². The van der Waals surface area contributed by atoms with Gasteiger partial charge in [-0.15, -0.1) is 0 Å².